The quantitative estimate of drug-likeness (QED) is 0.769. The van der Waals surface area contributed by atoms with Crippen molar-refractivity contribution in [2.45, 2.75) is 57.5 Å². The van der Waals surface area contributed by atoms with E-state index in [-0.39, 0.29) is 11.9 Å². The van der Waals surface area contributed by atoms with Crippen LogP contribution in [0.5, 0.6) is 5.75 Å². The lowest BCUT2D eigenvalue weighted by Gasteiger charge is -2.23. The van der Waals surface area contributed by atoms with E-state index in [4.69, 9.17) is 4.74 Å². The molecule has 0 N–H and O–H groups in total. The third-order valence-electron chi connectivity index (χ3n) is 6.10. The molecule has 0 aliphatic carbocycles. The van der Waals surface area contributed by atoms with Gasteiger partial charge in [0.25, 0.3) is 0 Å². The summed E-state index contributed by atoms with van der Waals surface area (Å²) in [6.07, 6.45) is 11.1. The molecule has 5 rings (SSSR count). The molecular formula is C22H26N4O2. The maximum atomic E-state index is 13.0. The van der Waals surface area contributed by atoms with Gasteiger partial charge in [-0.2, -0.15) is 0 Å². The van der Waals surface area contributed by atoms with Crippen molar-refractivity contribution >= 4 is 12.0 Å². The van der Waals surface area contributed by atoms with E-state index in [1.165, 1.54) is 24.8 Å². The van der Waals surface area contributed by atoms with Crippen molar-refractivity contribution < 1.29 is 9.53 Å². The minimum absolute atomic E-state index is 0.0462. The Hall–Kier alpha value is -2.63. The monoisotopic (exact) mass is 378 g/mol. The van der Waals surface area contributed by atoms with Gasteiger partial charge in [-0.3, -0.25) is 4.79 Å². The number of carbonyl (C=O) groups is 1. The predicted molar refractivity (Wildman–Crippen MR) is 106 cm³/mol. The molecule has 2 aromatic rings. The molecule has 1 fully saturated rings. The van der Waals surface area contributed by atoms with Crippen LogP contribution in [0.25, 0.3) is 6.08 Å². The van der Waals surface area contributed by atoms with E-state index < -0.39 is 0 Å². The summed E-state index contributed by atoms with van der Waals surface area (Å²) in [5.74, 6) is 3.09. The summed E-state index contributed by atoms with van der Waals surface area (Å²) in [7, 11) is 0. The second-order valence-corrected chi connectivity index (χ2v) is 7.93. The Morgan fingerprint density at radius 3 is 3.04 bits per heavy atom. The van der Waals surface area contributed by atoms with E-state index in [9.17, 15) is 4.79 Å². The van der Waals surface area contributed by atoms with Gasteiger partial charge in [-0.25, -0.2) is 0 Å². The van der Waals surface area contributed by atoms with E-state index in [0.29, 0.717) is 0 Å². The van der Waals surface area contributed by atoms with Gasteiger partial charge in [0.2, 0.25) is 5.91 Å². The van der Waals surface area contributed by atoms with Crippen molar-refractivity contribution in [1.29, 1.82) is 0 Å². The molecule has 1 aromatic heterocycles. The van der Waals surface area contributed by atoms with Gasteiger partial charge in [0, 0.05) is 32.0 Å². The predicted octanol–water partition coefficient (Wildman–Crippen LogP) is 3.32. The van der Waals surface area contributed by atoms with Crippen LogP contribution in [-0.4, -0.2) is 38.7 Å². The molecule has 0 radical (unpaired) electrons. The van der Waals surface area contributed by atoms with Gasteiger partial charge in [-0.1, -0.05) is 12.5 Å². The van der Waals surface area contributed by atoms with Gasteiger partial charge in [0.15, 0.2) is 5.82 Å². The van der Waals surface area contributed by atoms with Crippen LogP contribution in [0.2, 0.25) is 0 Å². The van der Waals surface area contributed by atoms with Gasteiger partial charge >= 0.3 is 0 Å². The first-order valence-electron chi connectivity index (χ1n) is 10.5. The zero-order valence-electron chi connectivity index (χ0n) is 16.1. The van der Waals surface area contributed by atoms with E-state index in [0.717, 1.165) is 68.3 Å². The molecule has 6 nitrogen and oxygen atoms in total. The normalized spacial score (nSPS) is 21.4. The maximum Gasteiger partial charge on any atom is 0.247 e. The van der Waals surface area contributed by atoms with Crippen molar-refractivity contribution in [2.24, 2.45) is 0 Å². The molecule has 1 aromatic carbocycles. The number of fused-ring (bicyclic) bond motifs is 2. The molecule has 1 amide bonds. The van der Waals surface area contributed by atoms with Crippen molar-refractivity contribution in [1.82, 2.24) is 19.7 Å². The number of ether oxygens (including phenoxy) is 1. The molecular weight excluding hydrogens is 352 g/mol. The summed E-state index contributed by atoms with van der Waals surface area (Å²) in [5.41, 5.74) is 2.27. The van der Waals surface area contributed by atoms with Crippen LogP contribution in [0.1, 0.15) is 60.9 Å². The van der Waals surface area contributed by atoms with Gasteiger partial charge in [0.05, 0.1) is 12.6 Å². The molecule has 28 heavy (non-hydrogen) atoms. The van der Waals surface area contributed by atoms with Crippen molar-refractivity contribution in [3.05, 3.63) is 47.1 Å². The topological polar surface area (TPSA) is 60.2 Å². The molecule has 3 aliphatic heterocycles. The van der Waals surface area contributed by atoms with Crippen molar-refractivity contribution in [3.8, 4) is 5.75 Å². The number of amides is 1. The molecule has 6 heteroatoms. The van der Waals surface area contributed by atoms with Gasteiger partial charge in [-0.05, 0) is 55.0 Å². The van der Waals surface area contributed by atoms with Gasteiger partial charge < -0.3 is 14.2 Å². The molecule has 146 valence electrons. The first-order chi connectivity index (χ1) is 13.8. The fourth-order valence-corrected chi connectivity index (χ4v) is 4.63. The number of likely N-dealkylation sites (tertiary alicyclic amines) is 1. The molecule has 4 heterocycles. The van der Waals surface area contributed by atoms with Gasteiger partial charge in [0.1, 0.15) is 11.6 Å². The number of benzene rings is 1. The molecule has 0 bridgehead atoms. The van der Waals surface area contributed by atoms with Crippen LogP contribution in [0.4, 0.5) is 0 Å². The number of nitrogens with zero attached hydrogens (tertiary/aromatic N) is 4. The lowest BCUT2D eigenvalue weighted by Crippen LogP contribution is -2.30. The number of rotatable bonds is 3. The van der Waals surface area contributed by atoms with Crippen LogP contribution in [0.3, 0.4) is 0 Å². The van der Waals surface area contributed by atoms with Crippen LogP contribution in [0, 0.1) is 0 Å². The number of hydrogen-bond acceptors (Lipinski definition) is 4. The maximum absolute atomic E-state index is 13.0. The average Bonchev–Trinajstić information content (AvgIpc) is 3.42. The fourth-order valence-electron chi connectivity index (χ4n) is 4.63. The van der Waals surface area contributed by atoms with E-state index in [1.807, 2.05) is 23.1 Å². The minimum atomic E-state index is 0.0462. The third kappa shape index (κ3) is 3.21. The van der Waals surface area contributed by atoms with Gasteiger partial charge in [-0.15, -0.1) is 10.2 Å². The molecule has 0 spiro atoms. The van der Waals surface area contributed by atoms with E-state index >= 15 is 0 Å². The summed E-state index contributed by atoms with van der Waals surface area (Å²) < 4.78 is 7.83. The smallest absolute Gasteiger partial charge is 0.247 e. The Labute approximate surface area is 165 Å². The van der Waals surface area contributed by atoms with Crippen LogP contribution in [0.15, 0.2) is 24.3 Å². The lowest BCUT2D eigenvalue weighted by atomic mass is 10.1. The summed E-state index contributed by atoms with van der Waals surface area (Å²) in [5, 5.41) is 8.92. The standard InChI is InChI=1S/C22H26N4O2/c27-21(10-8-16-7-9-19-17(15-16)11-14-28-19)25-13-4-5-18(25)22-24-23-20-6-2-1-3-12-26(20)22/h7-10,15,18H,1-6,11-14H2/b10-8+. The first kappa shape index (κ1) is 17.5. The van der Waals surface area contributed by atoms with Crippen LogP contribution >= 0.6 is 0 Å². The van der Waals surface area contributed by atoms with Crippen molar-refractivity contribution in [2.75, 3.05) is 13.2 Å². The number of aryl methyl sites for hydroxylation is 1. The van der Waals surface area contributed by atoms with Crippen molar-refractivity contribution in [3.63, 3.8) is 0 Å². The number of carbonyl (C=O) groups excluding carboxylic acids is 1. The Kier molecular flexibility index (Phi) is 4.63. The first-order valence-corrected chi connectivity index (χ1v) is 10.5. The number of hydrogen-bond donors (Lipinski definition) is 0. The summed E-state index contributed by atoms with van der Waals surface area (Å²) in [6, 6.07) is 6.17. The molecule has 1 saturated heterocycles. The Bertz CT molecular complexity index is 917. The highest BCUT2D eigenvalue weighted by molar-refractivity contribution is 5.92. The molecule has 1 unspecified atom stereocenters. The number of aromatic nitrogens is 3. The zero-order chi connectivity index (χ0) is 18.9. The zero-order valence-corrected chi connectivity index (χ0v) is 16.1. The summed E-state index contributed by atoms with van der Waals surface area (Å²) >= 11 is 0. The Balaban J connectivity index is 1.34. The molecule has 0 saturated carbocycles. The van der Waals surface area contributed by atoms with E-state index in [1.54, 1.807) is 6.08 Å². The minimum Gasteiger partial charge on any atom is -0.493 e. The summed E-state index contributed by atoms with van der Waals surface area (Å²) in [4.78, 5) is 14.9. The van der Waals surface area contributed by atoms with Crippen LogP contribution < -0.4 is 4.74 Å². The lowest BCUT2D eigenvalue weighted by molar-refractivity contribution is -0.127. The highest BCUT2D eigenvalue weighted by atomic mass is 16.5. The second-order valence-electron chi connectivity index (χ2n) is 7.93. The Morgan fingerprint density at radius 1 is 1.11 bits per heavy atom. The highest BCUT2D eigenvalue weighted by Gasteiger charge is 2.33. The second kappa shape index (κ2) is 7.41. The molecule has 1 atom stereocenters. The fraction of sp³-hybridized carbons (Fsp3) is 0.500. The largest absolute Gasteiger partial charge is 0.493 e. The molecule has 3 aliphatic rings. The average molecular weight is 378 g/mol. The van der Waals surface area contributed by atoms with Crippen LogP contribution in [-0.2, 0) is 24.2 Å². The highest BCUT2D eigenvalue weighted by Crippen LogP contribution is 2.33. The van der Waals surface area contributed by atoms with E-state index in [2.05, 4.69) is 20.8 Å². The SMILES string of the molecule is O=C(/C=C/c1ccc2c(c1)CCO2)N1CCCC1c1nnc2n1CCCCC2. The summed E-state index contributed by atoms with van der Waals surface area (Å²) in [6.45, 7) is 2.51. The Morgan fingerprint density at radius 2 is 2.07 bits per heavy atom. The third-order valence-corrected chi connectivity index (χ3v) is 6.10.